The minimum atomic E-state index is -0.464. The number of nitrogens with zero attached hydrogens (tertiary/aromatic N) is 3. The number of piperazine rings is 1. The van der Waals surface area contributed by atoms with Crippen LogP contribution < -0.4 is 5.32 Å². The molecule has 0 bridgehead atoms. The molecule has 3 rings (SSSR count). The van der Waals surface area contributed by atoms with Crippen LogP contribution in [0.2, 0.25) is 0 Å². The Morgan fingerprint density at radius 1 is 1.04 bits per heavy atom. The highest BCUT2D eigenvalue weighted by Crippen LogP contribution is 2.27. The number of nitro benzene ring substituents is 1. The third kappa shape index (κ3) is 5.37. The van der Waals surface area contributed by atoms with E-state index in [1.165, 1.54) is 11.6 Å². The summed E-state index contributed by atoms with van der Waals surface area (Å²) in [6, 6.07) is 15.2. The highest BCUT2D eigenvalue weighted by molar-refractivity contribution is 5.95. The second-order valence-electron chi connectivity index (χ2n) is 7.13. The number of hydrogen-bond acceptors (Lipinski definition) is 5. The second kappa shape index (κ2) is 9.43. The Hall–Kier alpha value is -2.77. The van der Waals surface area contributed by atoms with Gasteiger partial charge in [-0.25, -0.2) is 0 Å². The van der Waals surface area contributed by atoms with Crippen LogP contribution in [0.1, 0.15) is 11.1 Å². The molecule has 7 heteroatoms. The van der Waals surface area contributed by atoms with Crippen LogP contribution in [0.15, 0.2) is 48.5 Å². The van der Waals surface area contributed by atoms with E-state index in [9.17, 15) is 14.9 Å². The number of nitro groups is 1. The number of hydrogen-bond donors (Lipinski definition) is 1. The van der Waals surface area contributed by atoms with Crippen molar-refractivity contribution in [2.75, 3.05) is 44.6 Å². The first kappa shape index (κ1) is 20.0. The number of nitrogens with one attached hydrogen (secondary N) is 1. The number of rotatable bonds is 7. The maximum Gasteiger partial charge on any atom is 0.293 e. The first-order valence-electron chi connectivity index (χ1n) is 9.55. The number of amides is 1. The summed E-state index contributed by atoms with van der Waals surface area (Å²) < 4.78 is 0. The van der Waals surface area contributed by atoms with Crippen molar-refractivity contribution in [3.8, 4) is 0 Å². The van der Waals surface area contributed by atoms with Gasteiger partial charge >= 0.3 is 0 Å². The van der Waals surface area contributed by atoms with Crippen LogP contribution in [0.4, 0.5) is 11.4 Å². The van der Waals surface area contributed by atoms with Gasteiger partial charge in [0.2, 0.25) is 5.91 Å². The van der Waals surface area contributed by atoms with Crippen molar-refractivity contribution in [3.63, 3.8) is 0 Å². The second-order valence-corrected chi connectivity index (χ2v) is 7.13. The van der Waals surface area contributed by atoms with Gasteiger partial charge in [-0.15, -0.1) is 0 Å². The van der Waals surface area contributed by atoms with E-state index < -0.39 is 4.92 Å². The van der Waals surface area contributed by atoms with Gasteiger partial charge in [-0.3, -0.25) is 19.8 Å². The van der Waals surface area contributed by atoms with Gasteiger partial charge < -0.3 is 10.2 Å². The van der Waals surface area contributed by atoms with Crippen molar-refractivity contribution in [1.29, 1.82) is 0 Å². The lowest BCUT2D eigenvalue weighted by Crippen LogP contribution is -2.49. The summed E-state index contributed by atoms with van der Waals surface area (Å²) in [7, 11) is 0. The van der Waals surface area contributed by atoms with Crippen LogP contribution in [-0.4, -0.2) is 59.9 Å². The molecule has 1 aliphatic rings. The molecule has 1 N–H and O–H groups in total. The van der Waals surface area contributed by atoms with Crippen LogP contribution in [0.3, 0.4) is 0 Å². The molecule has 0 radical (unpaired) electrons. The lowest BCUT2D eigenvalue weighted by atomic mass is 10.1. The van der Waals surface area contributed by atoms with E-state index in [2.05, 4.69) is 39.4 Å². The fourth-order valence-corrected chi connectivity index (χ4v) is 3.45. The third-order valence-corrected chi connectivity index (χ3v) is 5.10. The summed E-state index contributed by atoms with van der Waals surface area (Å²) in [5, 5.41) is 13.9. The molecule has 0 aliphatic carbocycles. The van der Waals surface area contributed by atoms with Gasteiger partial charge in [-0.2, -0.15) is 0 Å². The predicted octanol–water partition coefficient (Wildman–Crippen LogP) is 2.70. The molecule has 0 atom stereocenters. The quantitative estimate of drug-likeness (QED) is 0.588. The van der Waals surface area contributed by atoms with Crippen LogP contribution in [0.5, 0.6) is 0 Å². The maximum atomic E-state index is 12.4. The largest absolute Gasteiger partial charge is 0.319 e. The minimum absolute atomic E-state index is 0.0703. The lowest BCUT2D eigenvalue weighted by Gasteiger charge is -2.34. The molecular formula is C21H26N4O3. The molecular weight excluding hydrogens is 356 g/mol. The smallest absolute Gasteiger partial charge is 0.293 e. The van der Waals surface area contributed by atoms with Crippen LogP contribution in [-0.2, 0) is 11.2 Å². The van der Waals surface area contributed by atoms with Gasteiger partial charge in [-0.1, -0.05) is 42.5 Å². The van der Waals surface area contributed by atoms with E-state index in [-0.39, 0.29) is 18.1 Å². The van der Waals surface area contributed by atoms with Crippen LogP contribution >= 0.6 is 0 Å². The number of carbonyl (C=O) groups excluding carboxylic acids is 1. The van der Waals surface area contributed by atoms with Gasteiger partial charge in [0.15, 0.2) is 0 Å². The highest BCUT2D eigenvalue weighted by Gasteiger charge is 2.21. The average Bonchev–Trinajstić information content (AvgIpc) is 2.69. The van der Waals surface area contributed by atoms with Gasteiger partial charge in [0.1, 0.15) is 5.69 Å². The molecule has 2 aromatic rings. The molecule has 0 spiro atoms. The molecule has 1 saturated heterocycles. The van der Waals surface area contributed by atoms with E-state index in [1.54, 1.807) is 19.1 Å². The fraction of sp³-hybridized carbons (Fsp3) is 0.381. The van der Waals surface area contributed by atoms with Crippen molar-refractivity contribution in [2.24, 2.45) is 0 Å². The number of aryl methyl sites for hydroxylation is 1. The Bertz CT molecular complexity index is 818. The molecule has 0 aromatic heterocycles. The van der Waals surface area contributed by atoms with Crippen molar-refractivity contribution < 1.29 is 9.72 Å². The van der Waals surface area contributed by atoms with Gasteiger partial charge in [0.25, 0.3) is 5.69 Å². The Balaban J connectivity index is 1.46. The molecule has 0 unspecified atom stereocenters. The van der Waals surface area contributed by atoms with Crippen LogP contribution in [0, 0.1) is 17.0 Å². The Labute approximate surface area is 165 Å². The van der Waals surface area contributed by atoms with E-state index in [0.29, 0.717) is 11.3 Å². The molecule has 1 fully saturated rings. The van der Waals surface area contributed by atoms with Gasteiger partial charge in [-0.05, 0) is 24.5 Å². The first-order valence-corrected chi connectivity index (χ1v) is 9.55. The maximum absolute atomic E-state index is 12.4. The van der Waals surface area contributed by atoms with Gasteiger partial charge in [0.05, 0.1) is 11.5 Å². The van der Waals surface area contributed by atoms with E-state index in [4.69, 9.17) is 0 Å². The summed E-state index contributed by atoms with van der Waals surface area (Å²) in [6.07, 6.45) is 1.03. The van der Waals surface area contributed by atoms with Crippen molar-refractivity contribution in [1.82, 2.24) is 9.80 Å². The summed E-state index contributed by atoms with van der Waals surface area (Å²) in [5.41, 5.74) is 2.25. The van der Waals surface area contributed by atoms with Crippen molar-refractivity contribution in [3.05, 3.63) is 69.8 Å². The molecule has 28 heavy (non-hydrogen) atoms. The number of carbonyl (C=O) groups is 1. The van der Waals surface area contributed by atoms with Crippen molar-refractivity contribution >= 4 is 17.3 Å². The molecule has 1 amide bonds. The SMILES string of the molecule is Cc1cccc([N+](=O)[O-])c1NC(=O)CN1CCN(CCc2ccccc2)CC1. The third-order valence-electron chi connectivity index (χ3n) is 5.10. The summed E-state index contributed by atoms with van der Waals surface area (Å²) >= 11 is 0. The average molecular weight is 382 g/mol. The minimum Gasteiger partial charge on any atom is -0.319 e. The van der Waals surface area contributed by atoms with E-state index >= 15 is 0 Å². The van der Waals surface area contributed by atoms with Gasteiger partial charge in [0, 0.05) is 38.8 Å². The fourth-order valence-electron chi connectivity index (χ4n) is 3.45. The lowest BCUT2D eigenvalue weighted by molar-refractivity contribution is -0.384. The standard InChI is InChI=1S/C21H26N4O3/c1-17-6-5-9-19(25(27)28)21(17)22-20(26)16-24-14-12-23(13-15-24)11-10-18-7-3-2-4-8-18/h2-9H,10-16H2,1H3,(H,22,26). The number of para-hydroxylation sites is 1. The monoisotopic (exact) mass is 382 g/mol. The topological polar surface area (TPSA) is 78.7 Å². The van der Waals surface area contributed by atoms with Crippen LogP contribution in [0.25, 0.3) is 0 Å². The molecule has 0 saturated carbocycles. The molecule has 148 valence electrons. The van der Waals surface area contributed by atoms with Crippen molar-refractivity contribution in [2.45, 2.75) is 13.3 Å². The molecule has 1 heterocycles. The molecule has 1 aliphatic heterocycles. The zero-order valence-electron chi connectivity index (χ0n) is 16.1. The first-order chi connectivity index (χ1) is 13.5. The zero-order valence-corrected chi connectivity index (χ0v) is 16.1. The van der Waals surface area contributed by atoms with E-state index in [0.717, 1.165) is 39.1 Å². The highest BCUT2D eigenvalue weighted by atomic mass is 16.6. The molecule has 2 aromatic carbocycles. The summed E-state index contributed by atoms with van der Waals surface area (Å²) in [6.45, 7) is 6.50. The summed E-state index contributed by atoms with van der Waals surface area (Å²) in [5.74, 6) is -0.213. The summed E-state index contributed by atoms with van der Waals surface area (Å²) in [4.78, 5) is 27.6. The Kier molecular flexibility index (Phi) is 6.73. The zero-order chi connectivity index (χ0) is 19.9. The Morgan fingerprint density at radius 3 is 2.39 bits per heavy atom. The predicted molar refractivity (Wildman–Crippen MR) is 109 cm³/mol. The number of benzene rings is 2. The number of anilines is 1. The normalized spacial score (nSPS) is 15.3. The molecule has 7 nitrogen and oxygen atoms in total. The Morgan fingerprint density at radius 2 is 1.71 bits per heavy atom. The van der Waals surface area contributed by atoms with E-state index in [1.807, 2.05) is 6.07 Å².